The average Bonchev–Trinajstić information content (AvgIpc) is 3.36. The summed E-state index contributed by atoms with van der Waals surface area (Å²) in [5, 5.41) is 8.21. The van der Waals surface area contributed by atoms with Crippen molar-refractivity contribution in [1.29, 1.82) is 0 Å². The van der Waals surface area contributed by atoms with Gasteiger partial charge < -0.3 is 14.5 Å². The largest absolute Gasteiger partial charge is 0.368 e. The molecular weight excluding hydrogens is 334 g/mol. The van der Waals surface area contributed by atoms with Crippen molar-refractivity contribution in [1.82, 2.24) is 24.8 Å². The summed E-state index contributed by atoms with van der Waals surface area (Å²) < 4.78 is 7.28. The molecule has 1 unspecified atom stereocenters. The maximum Gasteiger partial charge on any atom is 0.254 e. The number of hydrogen-bond acceptors (Lipinski definition) is 5. The molecule has 1 aromatic carbocycles. The molecule has 2 saturated heterocycles. The number of amides is 2. The van der Waals surface area contributed by atoms with Gasteiger partial charge in [-0.05, 0) is 38.0 Å². The molecule has 4 rings (SSSR count). The van der Waals surface area contributed by atoms with Crippen molar-refractivity contribution >= 4 is 22.8 Å². The van der Waals surface area contributed by atoms with E-state index in [0.717, 1.165) is 30.4 Å². The molecule has 2 aromatic rings. The highest BCUT2D eigenvalue weighted by atomic mass is 16.5. The van der Waals surface area contributed by atoms with Crippen molar-refractivity contribution in [2.75, 3.05) is 32.8 Å². The van der Waals surface area contributed by atoms with Gasteiger partial charge in [0, 0.05) is 44.9 Å². The normalized spacial score (nSPS) is 20.7. The second-order valence-corrected chi connectivity index (χ2v) is 6.73. The Hall–Kier alpha value is -2.48. The Morgan fingerprint density at radius 2 is 1.96 bits per heavy atom. The highest BCUT2D eigenvalue weighted by Gasteiger charge is 2.31. The smallest absolute Gasteiger partial charge is 0.254 e. The predicted octanol–water partition coefficient (Wildman–Crippen LogP) is 0.915. The van der Waals surface area contributed by atoms with E-state index in [1.807, 2.05) is 24.0 Å². The predicted molar refractivity (Wildman–Crippen MR) is 94.7 cm³/mol. The molecule has 0 N–H and O–H groups in total. The number of fused-ring (bicyclic) bond motifs is 1. The molecule has 0 bridgehead atoms. The monoisotopic (exact) mass is 357 g/mol. The second-order valence-electron chi connectivity index (χ2n) is 6.73. The molecule has 0 saturated carbocycles. The summed E-state index contributed by atoms with van der Waals surface area (Å²) in [5.41, 5.74) is 2.26. The van der Waals surface area contributed by atoms with Gasteiger partial charge >= 0.3 is 0 Å². The van der Waals surface area contributed by atoms with E-state index in [9.17, 15) is 9.59 Å². The summed E-state index contributed by atoms with van der Waals surface area (Å²) in [7, 11) is 0. The first kappa shape index (κ1) is 17.0. The lowest BCUT2D eigenvalue weighted by Crippen LogP contribution is -2.52. The summed E-state index contributed by atoms with van der Waals surface area (Å²) in [6.45, 7) is 5.60. The number of carbonyl (C=O) groups is 2. The molecule has 8 nitrogen and oxygen atoms in total. The maximum absolute atomic E-state index is 12.8. The van der Waals surface area contributed by atoms with E-state index in [4.69, 9.17) is 4.74 Å². The van der Waals surface area contributed by atoms with Gasteiger partial charge in [-0.2, -0.15) is 0 Å². The second kappa shape index (κ2) is 7.03. The maximum atomic E-state index is 12.8. The zero-order valence-electron chi connectivity index (χ0n) is 14.9. The number of benzene rings is 1. The van der Waals surface area contributed by atoms with Gasteiger partial charge in [0.25, 0.3) is 11.8 Å². The first-order valence-electron chi connectivity index (χ1n) is 9.20. The average molecular weight is 357 g/mol. The van der Waals surface area contributed by atoms with Crippen LogP contribution >= 0.6 is 0 Å². The minimum atomic E-state index is -0.291. The molecule has 0 spiro atoms. The first-order valence-corrected chi connectivity index (χ1v) is 9.20. The molecule has 3 heterocycles. The van der Waals surface area contributed by atoms with Crippen LogP contribution in [0.15, 0.2) is 18.2 Å². The third-order valence-electron chi connectivity index (χ3n) is 5.14. The first-order chi connectivity index (χ1) is 12.7. The van der Waals surface area contributed by atoms with Gasteiger partial charge in [-0.3, -0.25) is 9.59 Å². The molecule has 0 radical (unpaired) electrons. The van der Waals surface area contributed by atoms with Crippen molar-refractivity contribution in [2.45, 2.75) is 32.4 Å². The minimum Gasteiger partial charge on any atom is -0.368 e. The number of hydrogen-bond donors (Lipinski definition) is 0. The number of nitrogens with zero attached hydrogens (tertiary/aromatic N) is 5. The fourth-order valence-electron chi connectivity index (χ4n) is 3.63. The minimum absolute atomic E-state index is 0.0258. The fourth-order valence-corrected chi connectivity index (χ4v) is 3.63. The van der Waals surface area contributed by atoms with E-state index in [1.165, 1.54) is 0 Å². The third kappa shape index (κ3) is 3.05. The van der Waals surface area contributed by atoms with Crippen LogP contribution in [-0.2, 0) is 16.1 Å². The van der Waals surface area contributed by atoms with Crippen LogP contribution in [0.2, 0.25) is 0 Å². The van der Waals surface area contributed by atoms with Crippen LogP contribution in [0.1, 0.15) is 30.1 Å². The van der Waals surface area contributed by atoms with Crippen LogP contribution in [0.5, 0.6) is 0 Å². The lowest BCUT2D eigenvalue weighted by Gasteiger charge is -2.35. The molecule has 2 amide bonds. The SMILES string of the molecule is CCn1nnc2cc(C(=O)N3CCN(C(=O)C4CCCO4)CC3)ccc21. The highest BCUT2D eigenvalue weighted by molar-refractivity contribution is 5.97. The van der Waals surface area contributed by atoms with Crippen LogP contribution in [0.3, 0.4) is 0 Å². The zero-order chi connectivity index (χ0) is 18.1. The van der Waals surface area contributed by atoms with E-state index in [-0.39, 0.29) is 17.9 Å². The molecular formula is C18H23N5O3. The molecule has 138 valence electrons. The Balaban J connectivity index is 1.41. The Morgan fingerprint density at radius 1 is 1.19 bits per heavy atom. The molecule has 0 aliphatic carbocycles. The van der Waals surface area contributed by atoms with Gasteiger partial charge in [0.1, 0.15) is 11.6 Å². The van der Waals surface area contributed by atoms with Crippen molar-refractivity contribution in [2.24, 2.45) is 0 Å². The summed E-state index contributed by atoms with van der Waals surface area (Å²) >= 11 is 0. The van der Waals surface area contributed by atoms with E-state index in [1.54, 1.807) is 15.6 Å². The van der Waals surface area contributed by atoms with Crippen LogP contribution in [-0.4, -0.2) is 75.5 Å². The number of ether oxygens (including phenoxy) is 1. The van der Waals surface area contributed by atoms with Gasteiger partial charge in [0.2, 0.25) is 0 Å². The van der Waals surface area contributed by atoms with Crippen LogP contribution in [0, 0.1) is 0 Å². The lowest BCUT2D eigenvalue weighted by atomic mass is 10.1. The molecule has 2 aliphatic heterocycles. The van der Waals surface area contributed by atoms with Crippen LogP contribution in [0.25, 0.3) is 11.0 Å². The van der Waals surface area contributed by atoms with E-state index < -0.39 is 0 Å². The number of aromatic nitrogens is 3. The van der Waals surface area contributed by atoms with Crippen LogP contribution < -0.4 is 0 Å². The number of aryl methyl sites for hydroxylation is 1. The number of piperazine rings is 1. The number of rotatable bonds is 3. The van der Waals surface area contributed by atoms with E-state index in [2.05, 4.69) is 10.3 Å². The van der Waals surface area contributed by atoms with Crippen molar-refractivity contribution in [3.05, 3.63) is 23.8 Å². The van der Waals surface area contributed by atoms with Gasteiger partial charge in [0.15, 0.2) is 0 Å². The van der Waals surface area contributed by atoms with Crippen LogP contribution in [0.4, 0.5) is 0 Å². The molecule has 8 heteroatoms. The number of carbonyl (C=O) groups excluding carboxylic acids is 2. The van der Waals surface area contributed by atoms with Gasteiger partial charge in [-0.1, -0.05) is 5.21 Å². The van der Waals surface area contributed by atoms with Crippen molar-refractivity contribution in [3.8, 4) is 0 Å². The molecule has 2 fully saturated rings. The Morgan fingerprint density at radius 3 is 2.65 bits per heavy atom. The van der Waals surface area contributed by atoms with Crippen molar-refractivity contribution < 1.29 is 14.3 Å². The molecule has 26 heavy (non-hydrogen) atoms. The fraction of sp³-hybridized carbons (Fsp3) is 0.556. The topological polar surface area (TPSA) is 80.6 Å². The summed E-state index contributed by atoms with van der Waals surface area (Å²) in [4.78, 5) is 28.8. The third-order valence-corrected chi connectivity index (χ3v) is 5.14. The van der Waals surface area contributed by atoms with E-state index in [0.29, 0.717) is 38.3 Å². The summed E-state index contributed by atoms with van der Waals surface area (Å²) in [6, 6.07) is 5.51. The molecule has 1 aromatic heterocycles. The Kier molecular flexibility index (Phi) is 4.58. The van der Waals surface area contributed by atoms with Gasteiger partial charge in [-0.25, -0.2) is 4.68 Å². The highest BCUT2D eigenvalue weighted by Crippen LogP contribution is 2.18. The summed E-state index contributed by atoms with van der Waals surface area (Å²) in [6.07, 6.45) is 1.46. The lowest BCUT2D eigenvalue weighted by molar-refractivity contribution is -0.142. The Bertz CT molecular complexity index is 819. The van der Waals surface area contributed by atoms with E-state index >= 15 is 0 Å². The molecule has 1 atom stereocenters. The van der Waals surface area contributed by atoms with Crippen molar-refractivity contribution in [3.63, 3.8) is 0 Å². The standard InChI is InChI=1S/C18H23N5O3/c1-2-23-15-6-5-13(12-14(15)19-20-23)17(24)21-7-9-22(10-8-21)18(25)16-4-3-11-26-16/h5-6,12,16H,2-4,7-11H2,1H3. The van der Waals surface area contributed by atoms with Gasteiger partial charge in [0.05, 0.1) is 5.52 Å². The van der Waals surface area contributed by atoms with Gasteiger partial charge in [-0.15, -0.1) is 5.10 Å². The quantitative estimate of drug-likeness (QED) is 0.816. The zero-order valence-corrected chi connectivity index (χ0v) is 14.9. The summed E-state index contributed by atoms with van der Waals surface area (Å²) in [5.74, 6) is 0.0364. The Labute approximate surface area is 151 Å². The molecule has 2 aliphatic rings.